The first kappa shape index (κ1) is 22.6. The molecule has 0 saturated carbocycles. The van der Waals surface area contributed by atoms with Gasteiger partial charge in [-0.2, -0.15) is 4.98 Å². The predicted molar refractivity (Wildman–Crippen MR) is 121 cm³/mol. The molecular formula is C23H25FN3O3P. The summed E-state index contributed by atoms with van der Waals surface area (Å²) in [5, 5.41) is 7.91. The Bertz CT molecular complexity index is 1100. The number of hydrogen-bond acceptors (Lipinski definition) is 6. The van der Waals surface area contributed by atoms with Crippen LogP contribution in [0.3, 0.4) is 0 Å². The number of nitrogens with zero attached hydrogens (tertiary/aromatic N) is 2. The molecule has 3 rings (SSSR count). The number of aryl methyl sites for hydroxylation is 3. The Balaban J connectivity index is 1.41. The van der Waals surface area contributed by atoms with Crippen LogP contribution in [0, 0.1) is 19.7 Å². The van der Waals surface area contributed by atoms with E-state index in [0.717, 1.165) is 11.1 Å². The summed E-state index contributed by atoms with van der Waals surface area (Å²) in [5.41, 5.74) is 2.86. The van der Waals surface area contributed by atoms with Crippen LogP contribution in [-0.2, 0) is 11.2 Å². The normalized spacial score (nSPS) is 10.7. The van der Waals surface area contributed by atoms with Crippen molar-refractivity contribution in [3.63, 3.8) is 0 Å². The maximum Gasteiger partial charge on any atom is 0.227 e. The van der Waals surface area contributed by atoms with Crippen molar-refractivity contribution < 1.29 is 18.4 Å². The van der Waals surface area contributed by atoms with Crippen molar-refractivity contribution in [2.75, 3.05) is 13.2 Å². The van der Waals surface area contributed by atoms with E-state index >= 15 is 0 Å². The topological polar surface area (TPSA) is 77.2 Å². The van der Waals surface area contributed by atoms with Gasteiger partial charge in [0.05, 0.1) is 6.54 Å². The van der Waals surface area contributed by atoms with E-state index < -0.39 is 0 Å². The lowest BCUT2D eigenvalue weighted by molar-refractivity contribution is -0.118. The minimum absolute atomic E-state index is 0.0233. The summed E-state index contributed by atoms with van der Waals surface area (Å²) in [5.74, 6) is 1.02. The summed E-state index contributed by atoms with van der Waals surface area (Å²) in [6.07, 6.45) is 0.546. The molecule has 2 aromatic carbocycles. The summed E-state index contributed by atoms with van der Waals surface area (Å²) in [4.78, 5) is 16.4. The predicted octanol–water partition coefficient (Wildman–Crippen LogP) is 3.68. The first-order chi connectivity index (χ1) is 14.8. The number of Topliss-reactive ketones (excluding diaryl/α,β-unsaturated/α-hetero) is 1. The second kappa shape index (κ2) is 10.3. The minimum Gasteiger partial charge on any atom is -0.487 e. The fourth-order valence-electron chi connectivity index (χ4n) is 2.69. The summed E-state index contributed by atoms with van der Waals surface area (Å²) < 4.78 is 24.6. The highest BCUT2D eigenvalue weighted by Crippen LogP contribution is 2.19. The van der Waals surface area contributed by atoms with E-state index in [2.05, 4.69) is 31.3 Å². The minimum atomic E-state index is -0.328. The van der Waals surface area contributed by atoms with Crippen LogP contribution in [0.5, 0.6) is 5.75 Å². The molecule has 0 aliphatic carbocycles. The van der Waals surface area contributed by atoms with Gasteiger partial charge in [0.2, 0.25) is 11.7 Å². The molecule has 0 aliphatic heterocycles. The molecule has 0 spiro atoms. The third-order valence-electron chi connectivity index (χ3n) is 4.72. The molecule has 31 heavy (non-hydrogen) atoms. The molecule has 1 atom stereocenters. The molecule has 0 aliphatic rings. The Hall–Kier alpha value is -3.05. The molecule has 0 saturated heterocycles. The molecule has 0 amide bonds. The van der Waals surface area contributed by atoms with E-state index in [9.17, 15) is 9.18 Å². The Labute approximate surface area is 183 Å². The van der Waals surface area contributed by atoms with Gasteiger partial charge in [0.15, 0.2) is 5.78 Å². The van der Waals surface area contributed by atoms with Crippen LogP contribution >= 0.6 is 9.24 Å². The molecule has 3 aromatic rings. The third-order valence-corrected chi connectivity index (χ3v) is 5.34. The van der Waals surface area contributed by atoms with Crippen LogP contribution in [-0.4, -0.2) is 29.1 Å². The zero-order chi connectivity index (χ0) is 22.4. The molecule has 1 N–H and O–H groups in total. The fourth-order valence-corrected chi connectivity index (χ4v) is 2.95. The standard InChI is InChI=1S/C23H25FN3O3P/c1-14-4-6-17(10-20(14)24)23-26-22(30-27-23)9-7-18(28)12-25-16(3)13-29-19-8-5-15(2)21(31)11-19/h4-6,8,10-11,25H,3,7,9,12-13,31H2,1-2H3. The number of ether oxygens (including phenoxy) is 1. The second-order valence-electron chi connectivity index (χ2n) is 7.28. The zero-order valence-electron chi connectivity index (χ0n) is 17.6. The molecule has 1 heterocycles. The summed E-state index contributed by atoms with van der Waals surface area (Å²) >= 11 is 0. The Morgan fingerprint density at radius 2 is 2.00 bits per heavy atom. The lowest BCUT2D eigenvalue weighted by atomic mass is 10.1. The average molecular weight is 441 g/mol. The highest BCUT2D eigenvalue weighted by atomic mass is 31.0. The molecule has 0 radical (unpaired) electrons. The second-order valence-corrected chi connectivity index (χ2v) is 7.90. The quantitative estimate of drug-likeness (QED) is 0.484. The summed E-state index contributed by atoms with van der Waals surface area (Å²) in [7, 11) is 2.67. The lowest BCUT2D eigenvalue weighted by Crippen LogP contribution is -2.25. The number of hydrogen-bond donors (Lipinski definition) is 1. The van der Waals surface area contributed by atoms with E-state index in [0.29, 0.717) is 35.0 Å². The van der Waals surface area contributed by atoms with Crippen LogP contribution in [0.25, 0.3) is 11.4 Å². The van der Waals surface area contributed by atoms with Gasteiger partial charge in [-0.1, -0.05) is 29.9 Å². The third kappa shape index (κ3) is 6.46. The Kier molecular flexibility index (Phi) is 7.53. The molecular weight excluding hydrogens is 416 g/mol. The highest BCUT2D eigenvalue weighted by Gasteiger charge is 2.12. The molecule has 1 aromatic heterocycles. The van der Waals surface area contributed by atoms with Gasteiger partial charge < -0.3 is 14.6 Å². The number of carbonyl (C=O) groups excluding carboxylic acids is 1. The zero-order valence-corrected chi connectivity index (χ0v) is 18.7. The summed E-state index contributed by atoms with van der Waals surface area (Å²) in [6.45, 7) is 7.99. The van der Waals surface area contributed by atoms with Crippen LogP contribution in [0.4, 0.5) is 4.39 Å². The monoisotopic (exact) mass is 441 g/mol. The largest absolute Gasteiger partial charge is 0.487 e. The molecule has 162 valence electrons. The van der Waals surface area contributed by atoms with Crippen molar-refractivity contribution in [2.24, 2.45) is 0 Å². The van der Waals surface area contributed by atoms with E-state index in [-0.39, 0.29) is 31.2 Å². The summed E-state index contributed by atoms with van der Waals surface area (Å²) in [6, 6.07) is 10.6. The van der Waals surface area contributed by atoms with Gasteiger partial charge in [0.25, 0.3) is 0 Å². The van der Waals surface area contributed by atoms with Gasteiger partial charge >= 0.3 is 0 Å². The maximum absolute atomic E-state index is 13.7. The molecule has 6 nitrogen and oxygen atoms in total. The van der Waals surface area contributed by atoms with Gasteiger partial charge in [-0.15, -0.1) is 9.24 Å². The number of aromatic nitrogens is 2. The number of halogens is 1. The van der Waals surface area contributed by atoms with Crippen LogP contribution < -0.4 is 15.4 Å². The van der Waals surface area contributed by atoms with Gasteiger partial charge in [0.1, 0.15) is 18.2 Å². The van der Waals surface area contributed by atoms with Gasteiger partial charge in [-0.05, 0) is 48.5 Å². The maximum atomic E-state index is 13.7. The molecule has 1 unspecified atom stereocenters. The van der Waals surface area contributed by atoms with Crippen molar-refractivity contribution in [3.05, 3.63) is 71.5 Å². The first-order valence-corrected chi connectivity index (χ1v) is 10.4. The highest BCUT2D eigenvalue weighted by molar-refractivity contribution is 7.27. The number of nitrogens with one attached hydrogen (secondary N) is 1. The smallest absolute Gasteiger partial charge is 0.227 e. The lowest BCUT2D eigenvalue weighted by Gasteiger charge is -2.11. The first-order valence-electron chi connectivity index (χ1n) is 9.83. The SMILES string of the molecule is C=C(COc1ccc(C)c(P)c1)NCC(=O)CCc1nc(-c2ccc(C)c(F)c2)no1. The molecule has 0 bridgehead atoms. The molecule has 0 fully saturated rings. The average Bonchev–Trinajstić information content (AvgIpc) is 3.22. The Morgan fingerprint density at radius 1 is 1.23 bits per heavy atom. The van der Waals surface area contributed by atoms with E-state index in [1.165, 1.54) is 11.6 Å². The van der Waals surface area contributed by atoms with Crippen LogP contribution in [0.2, 0.25) is 0 Å². The van der Waals surface area contributed by atoms with Gasteiger partial charge in [0, 0.05) is 24.1 Å². The van der Waals surface area contributed by atoms with Crippen molar-refractivity contribution in [2.45, 2.75) is 26.7 Å². The van der Waals surface area contributed by atoms with E-state index in [1.54, 1.807) is 19.1 Å². The fraction of sp³-hybridized carbons (Fsp3) is 0.261. The molecule has 8 heteroatoms. The number of rotatable bonds is 10. The van der Waals surface area contributed by atoms with Gasteiger partial charge in [-0.25, -0.2) is 4.39 Å². The van der Waals surface area contributed by atoms with Crippen LogP contribution in [0.1, 0.15) is 23.4 Å². The number of ketones is 1. The van der Waals surface area contributed by atoms with Crippen molar-refractivity contribution in [3.8, 4) is 17.1 Å². The van der Waals surface area contributed by atoms with Crippen molar-refractivity contribution >= 4 is 20.3 Å². The van der Waals surface area contributed by atoms with Crippen LogP contribution in [0.15, 0.2) is 53.2 Å². The van der Waals surface area contributed by atoms with Gasteiger partial charge in [-0.3, -0.25) is 4.79 Å². The Morgan fingerprint density at radius 3 is 2.74 bits per heavy atom. The van der Waals surface area contributed by atoms with Crippen molar-refractivity contribution in [1.82, 2.24) is 15.5 Å². The van der Waals surface area contributed by atoms with E-state index in [4.69, 9.17) is 9.26 Å². The number of benzene rings is 2. The number of carbonyl (C=O) groups is 1. The van der Waals surface area contributed by atoms with Crippen molar-refractivity contribution in [1.29, 1.82) is 0 Å². The van der Waals surface area contributed by atoms with E-state index in [1.807, 2.05) is 25.1 Å².